The van der Waals surface area contributed by atoms with Gasteiger partial charge >= 0.3 is 0 Å². The molecule has 5 rings (SSSR count). The van der Waals surface area contributed by atoms with E-state index in [0.717, 1.165) is 29.8 Å². The average molecular weight is 428 g/mol. The lowest BCUT2D eigenvalue weighted by Crippen LogP contribution is -2.31. The van der Waals surface area contributed by atoms with E-state index in [0.29, 0.717) is 24.3 Å². The first-order valence-corrected chi connectivity index (χ1v) is 10.5. The van der Waals surface area contributed by atoms with Gasteiger partial charge in [-0.25, -0.2) is 14.1 Å². The lowest BCUT2D eigenvalue weighted by Gasteiger charge is -2.24. The number of amides is 1. The lowest BCUT2D eigenvalue weighted by molar-refractivity contribution is 0.0732. The van der Waals surface area contributed by atoms with Crippen LogP contribution in [0.5, 0.6) is 0 Å². The van der Waals surface area contributed by atoms with E-state index in [4.69, 9.17) is 4.98 Å². The third-order valence-corrected chi connectivity index (χ3v) is 5.57. The molecule has 0 bridgehead atoms. The van der Waals surface area contributed by atoms with Crippen LogP contribution in [0.4, 0.5) is 4.39 Å². The maximum Gasteiger partial charge on any atom is 0.255 e. The fraction of sp³-hybridized carbons (Fsp3) is 0.208. The predicted octanol–water partition coefficient (Wildman–Crippen LogP) is 3.76. The second-order valence-electron chi connectivity index (χ2n) is 7.75. The summed E-state index contributed by atoms with van der Waals surface area (Å²) in [7, 11) is 0. The third-order valence-electron chi connectivity index (χ3n) is 5.57. The monoisotopic (exact) mass is 428 g/mol. The first-order valence-electron chi connectivity index (χ1n) is 10.5. The molecule has 1 atom stereocenters. The molecule has 32 heavy (non-hydrogen) atoms. The molecule has 4 heterocycles. The molecule has 0 saturated carbocycles. The molecule has 1 amide bonds. The normalized spacial score (nSPS) is 15.8. The smallest absolute Gasteiger partial charge is 0.255 e. The number of halogens is 1. The first-order chi connectivity index (χ1) is 15.7. The number of carbonyl (C=O) groups excluding carboxylic acids is 1. The van der Waals surface area contributed by atoms with Crippen molar-refractivity contribution in [3.63, 3.8) is 0 Å². The molecular formula is C24H21FN6O. The highest BCUT2D eigenvalue weighted by molar-refractivity contribution is 5.94. The number of rotatable bonds is 5. The number of nitrogens with zero attached hydrogens (tertiary/aromatic N) is 6. The molecule has 1 saturated heterocycles. The van der Waals surface area contributed by atoms with Crippen LogP contribution in [0.1, 0.15) is 46.2 Å². The Kier molecular flexibility index (Phi) is 5.41. The summed E-state index contributed by atoms with van der Waals surface area (Å²) < 4.78 is 15.2. The molecule has 0 N–H and O–H groups in total. The van der Waals surface area contributed by atoms with Crippen LogP contribution in [0.2, 0.25) is 0 Å². The van der Waals surface area contributed by atoms with Crippen molar-refractivity contribution in [1.82, 2.24) is 29.6 Å². The molecule has 4 aromatic rings. The quantitative estimate of drug-likeness (QED) is 0.484. The zero-order valence-electron chi connectivity index (χ0n) is 17.3. The summed E-state index contributed by atoms with van der Waals surface area (Å²) in [5, 5.41) is 4.16. The number of hydrogen-bond donors (Lipinski definition) is 0. The zero-order valence-corrected chi connectivity index (χ0v) is 17.3. The van der Waals surface area contributed by atoms with Crippen molar-refractivity contribution in [2.45, 2.75) is 25.3 Å². The van der Waals surface area contributed by atoms with Crippen LogP contribution in [0, 0.1) is 5.82 Å². The Hall–Kier alpha value is -3.94. The van der Waals surface area contributed by atoms with Crippen molar-refractivity contribution in [2.75, 3.05) is 6.54 Å². The molecule has 1 aromatic carbocycles. The number of benzene rings is 1. The van der Waals surface area contributed by atoms with Crippen molar-refractivity contribution in [3.05, 3.63) is 102 Å². The maximum absolute atomic E-state index is 13.5. The maximum atomic E-state index is 13.5. The Morgan fingerprint density at radius 3 is 2.84 bits per heavy atom. The highest BCUT2D eigenvalue weighted by Crippen LogP contribution is 2.32. The molecule has 160 valence electrons. The van der Waals surface area contributed by atoms with Crippen molar-refractivity contribution >= 4 is 5.91 Å². The van der Waals surface area contributed by atoms with Crippen LogP contribution >= 0.6 is 0 Å². The Morgan fingerprint density at radius 2 is 2.06 bits per heavy atom. The van der Waals surface area contributed by atoms with E-state index in [1.165, 1.54) is 12.1 Å². The summed E-state index contributed by atoms with van der Waals surface area (Å²) in [4.78, 5) is 28.5. The molecule has 0 unspecified atom stereocenters. The van der Waals surface area contributed by atoms with E-state index in [1.807, 2.05) is 17.0 Å². The molecule has 1 fully saturated rings. The van der Waals surface area contributed by atoms with Crippen LogP contribution in [0.25, 0.3) is 5.82 Å². The minimum atomic E-state index is -0.272. The van der Waals surface area contributed by atoms with E-state index < -0.39 is 0 Å². The fourth-order valence-electron chi connectivity index (χ4n) is 4.06. The van der Waals surface area contributed by atoms with Gasteiger partial charge in [-0.2, -0.15) is 5.10 Å². The minimum absolute atomic E-state index is 0.0793. The SMILES string of the molecule is O=C(c1ccc(-n2cccn2)nc1)N1CCC[C@H]1c1cncc(Cc2cccc(F)c2)n1. The molecule has 1 aliphatic rings. The van der Waals surface area contributed by atoms with E-state index in [-0.39, 0.29) is 17.8 Å². The van der Waals surface area contributed by atoms with Gasteiger partial charge in [0, 0.05) is 37.8 Å². The summed E-state index contributed by atoms with van der Waals surface area (Å²) in [6, 6.07) is 11.7. The highest BCUT2D eigenvalue weighted by Gasteiger charge is 2.32. The summed E-state index contributed by atoms with van der Waals surface area (Å²) >= 11 is 0. The highest BCUT2D eigenvalue weighted by atomic mass is 19.1. The lowest BCUT2D eigenvalue weighted by atomic mass is 10.1. The zero-order chi connectivity index (χ0) is 21.9. The predicted molar refractivity (Wildman–Crippen MR) is 116 cm³/mol. The number of aromatic nitrogens is 5. The second kappa shape index (κ2) is 8.66. The Morgan fingerprint density at radius 1 is 1.12 bits per heavy atom. The molecule has 8 heteroatoms. The number of likely N-dealkylation sites (tertiary alicyclic amines) is 1. The van der Waals surface area contributed by atoms with Gasteiger partial charge in [-0.3, -0.25) is 14.8 Å². The van der Waals surface area contributed by atoms with Crippen molar-refractivity contribution in [3.8, 4) is 5.82 Å². The largest absolute Gasteiger partial charge is 0.330 e. The molecule has 0 spiro atoms. The van der Waals surface area contributed by atoms with Gasteiger partial charge in [0.1, 0.15) is 5.82 Å². The van der Waals surface area contributed by atoms with Crippen molar-refractivity contribution in [2.24, 2.45) is 0 Å². The van der Waals surface area contributed by atoms with E-state index in [9.17, 15) is 9.18 Å². The molecule has 0 radical (unpaired) electrons. The number of carbonyl (C=O) groups is 1. The van der Waals surface area contributed by atoms with Gasteiger partial charge in [0.15, 0.2) is 5.82 Å². The second-order valence-corrected chi connectivity index (χ2v) is 7.75. The van der Waals surface area contributed by atoms with Gasteiger partial charge in [0.2, 0.25) is 0 Å². The van der Waals surface area contributed by atoms with E-state index in [1.54, 1.807) is 53.9 Å². The fourth-order valence-corrected chi connectivity index (χ4v) is 4.06. The van der Waals surface area contributed by atoms with Gasteiger partial charge in [-0.1, -0.05) is 12.1 Å². The van der Waals surface area contributed by atoms with Crippen molar-refractivity contribution < 1.29 is 9.18 Å². The van der Waals surface area contributed by atoms with E-state index in [2.05, 4.69) is 15.1 Å². The molecular weight excluding hydrogens is 407 g/mol. The van der Waals surface area contributed by atoms with E-state index >= 15 is 0 Å². The Labute approximate surface area is 184 Å². The third kappa shape index (κ3) is 4.12. The molecule has 7 nitrogen and oxygen atoms in total. The standard InChI is InChI=1S/C24H21FN6O/c25-19-5-1-4-17(12-19)13-20-15-26-16-21(29-20)22-6-2-10-30(22)24(32)18-7-8-23(27-14-18)31-11-3-9-28-31/h1,3-5,7-9,11-12,14-16,22H,2,6,10,13H2/t22-/m0/s1. The molecule has 3 aromatic heterocycles. The average Bonchev–Trinajstić information content (AvgIpc) is 3.52. The van der Waals surface area contributed by atoms with Gasteiger partial charge in [0.05, 0.1) is 29.2 Å². The van der Waals surface area contributed by atoms with Crippen LogP contribution in [-0.2, 0) is 6.42 Å². The van der Waals surface area contributed by atoms with Gasteiger partial charge in [-0.15, -0.1) is 0 Å². The summed E-state index contributed by atoms with van der Waals surface area (Å²) in [5.74, 6) is 0.302. The van der Waals surface area contributed by atoms with Crippen LogP contribution < -0.4 is 0 Å². The topological polar surface area (TPSA) is 76.8 Å². The van der Waals surface area contributed by atoms with Crippen molar-refractivity contribution in [1.29, 1.82) is 0 Å². The summed E-state index contributed by atoms with van der Waals surface area (Å²) in [6.45, 7) is 0.653. The number of pyridine rings is 1. The van der Waals surface area contributed by atoms with Gasteiger partial charge in [0.25, 0.3) is 5.91 Å². The summed E-state index contributed by atoms with van der Waals surface area (Å²) in [5.41, 5.74) is 2.86. The molecule has 1 aliphatic heterocycles. The van der Waals surface area contributed by atoms with Gasteiger partial charge in [-0.05, 0) is 48.7 Å². The van der Waals surface area contributed by atoms with Crippen LogP contribution in [-0.4, -0.2) is 42.1 Å². The van der Waals surface area contributed by atoms with Gasteiger partial charge < -0.3 is 4.90 Å². The summed E-state index contributed by atoms with van der Waals surface area (Å²) in [6.07, 6.45) is 10.7. The minimum Gasteiger partial charge on any atom is -0.330 e. The molecule has 0 aliphatic carbocycles. The Balaban J connectivity index is 1.34. The Bertz CT molecular complexity index is 1230. The first kappa shape index (κ1) is 20.0. The van der Waals surface area contributed by atoms with Crippen LogP contribution in [0.3, 0.4) is 0 Å². The number of hydrogen-bond acceptors (Lipinski definition) is 5. The van der Waals surface area contributed by atoms with Crippen LogP contribution in [0.15, 0.2) is 73.4 Å².